The van der Waals surface area contributed by atoms with Gasteiger partial charge in [0, 0.05) is 13.1 Å². The maximum absolute atomic E-state index is 12.8. The normalized spacial score (nSPS) is 15.0. The molecule has 120 valence electrons. The minimum atomic E-state index is -4.50. The van der Waals surface area contributed by atoms with Gasteiger partial charge in [-0.25, -0.2) is 0 Å². The van der Waals surface area contributed by atoms with Gasteiger partial charge in [-0.05, 0) is 25.0 Å². The van der Waals surface area contributed by atoms with E-state index in [1.54, 1.807) is 0 Å². The number of carbonyl (C=O) groups excluding carboxylic acids is 1. The van der Waals surface area contributed by atoms with Gasteiger partial charge >= 0.3 is 6.18 Å². The molecule has 22 heavy (non-hydrogen) atoms. The fourth-order valence-electron chi connectivity index (χ4n) is 2.14. The van der Waals surface area contributed by atoms with Crippen LogP contribution in [0.15, 0.2) is 24.3 Å². The van der Waals surface area contributed by atoms with Crippen LogP contribution < -0.4 is 5.32 Å². The minimum Gasteiger partial charge on any atom is -0.358 e. The first-order valence-corrected chi connectivity index (χ1v) is 8.15. The quantitative estimate of drug-likeness (QED) is 0.843. The van der Waals surface area contributed by atoms with Crippen molar-refractivity contribution in [2.75, 3.05) is 24.2 Å². The van der Waals surface area contributed by atoms with Crippen LogP contribution in [0, 0.1) is 0 Å². The highest BCUT2D eigenvalue weighted by molar-refractivity contribution is 8.23. The maximum atomic E-state index is 12.8. The van der Waals surface area contributed by atoms with Crippen molar-refractivity contribution in [3.63, 3.8) is 0 Å². The van der Waals surface area contributed by atoms with Gasteiger partial charge in [-0.2, -0.15) is 13.2 Å². The van der Waals surface area contributed by atoms with Crippen LogP contribution in [0.2, 0.25) is 0 Å². The van der Waals surface area contributed by atoms with Crippen molar-refractivity contribution in [2.24, 2.45) is 0 Å². The molecule has 0 unspecified atom stereocenters. The minimum absolute atomic E-state index is 0.00151. The molecule has 0 aliphatic carbocycles. The topological polar surface area (TPSA) is 32.3 Å². The summed E-state index contributed by atoms with van der Waals surface area (Å²) >= 11 is 6.39. The van der Waals surface area contributed by atoms with Gasteiger partial charge in [-0.15, -0.1) is 0 Å². The number of carbonyl (C=O) groups is 1. The van der Waals surface area contributed by atoms with Gasteiger partial charge in [0.15, 0.2) is 0 Å². The zero-order chi connectivity index (χ0) is 16.2. The molecule has 1 fully saturated rings. The first kappa shape index (κ1) is 17.1. The smallest absolute Gasteiger partial charge is 0.358 e. The molecule has 8 heteroatoms. The molecule has 1 amide bonds. The second-order valence-electron chi connectivity index (χ2n) is 4.84. The van der Waals surface area contributed by atoms with Gasteiger partial charge in [0.1, 0.15) is 4.32 Å². The van der Waals surface area contributed by atoms with Crippen molar-refractivity contribution in [2.45, 2.75) is 19.0 Å². The standard InChI is InChI=1S/C14H15F3N2OS2/c15-14(16,17)10-5-1-2-6-11(10)18-12(20)9-22-13(21)19-7-3-4-8-19/h1-2,5-6H,3-4,7-9H2,(H,18,20). The highest BCUT2D eigenvalue weighted by atomic mass is 32.2. The SMILES string of the molecule is O=C(CSC(=S)N1CCCC1)Nc1ccccc1C(F)(F)F. The largest absolute Gasteiger partial charge is 0.418 e. The second-order valence-corrected chi connectivity index (χ2v) is 6.45. The van der Waals surface area contributed by atoms with E-state index < -0.39 is 17.6 Å². The molecule has 0 spiro atoms. The van der Waals surface area contributed by atoms with E-state index in [2.05, 4.69) is 5.32 Å². The lowest BCUT2D eigenvalue weighted by Crippen LogP contribution is -2.25. The van der Waals surface area contributed by atoms with Crippen LogP contribution in [0.25, 0.3) is 0 Å². The molecular weight excluding hydrogens is 333 g/mol. The summed E-state index contributed by atoms with van der Waals surface area (Å²) in [5.41, 5.74) is -1.08. The summed E-state index contributed by atoms with van der Waals surface area (Å²) in [6, 6.07) is 4.92. The van der Waals surface area contributed by atoms with E-state index in [4.69, 9.17) is 12.2 Å². The third-order valence-corrected chi connectivity index (χ3v) is 4.72. The third kappa shape index (κ3) is 4.61. The Bertz CT molecular complexity index is 557. The number of para-hydroxylation sites is 1. The number of nitrogens with one attached hydrogen (secondary N) is 1. The van der Waals surface area contributed by atoms with E-state index in [9.17, 15) is 18.0 Å². The number of hydrogen-bond acceptors (Lipinski definition) is 3. The average Bonchev–Trinajstić information content (AvgIpc) is 2.98. The van der Waals surface area contributed by atoms with Crippen LogP contribution in [0.5, 0.6) is 0 Å². The van der Waals surface area contributed by atoms with Crippen LogP contribution in [-0.2, 0) is 11.0 Å². The number of alkyl halides is 3. The molecule has 2 rings (SSSR count). The predicted molar refractivity (Wildman–Crippen MR) is 85.9 cm³/mol. The second kappa shape index (κ2) is 7.32. The van der Waals surface area contributed by atoms with Gasteiger partial charge < -0.3 is 10.2 Å². The molecular formula is C14H15F3N2OS2. The Morgan fingerprint density at radius 1 is 1.27 bits per heavy atom. The number of benzene rings is 1. The lowest BCUT2D eigenvalue weighted by atomic mass is 10.1. The fourth-order valence-corrected chi connectivity index (χ4v) is 3.20. The number of likely N-dealkylation sites (tertiary alicyclic amines) is 1. The van der Waals surface area contributed by atoms with Crippen molar-refractivity contribution in [1.29, 1.82) is 0 Å². The summed E-state index contributed by atoms with van der Waals surface area (Å²) in [5.74, 6) is -0.495. The molecule has 1 aromatic carbocycles. The molecule has 1 N–H and O–H groups in total. The molecule has 0 atom stereocenters. The number of anilines is 1. The first-order valence-electron chi connectivity index (χ1n) is 6.75. The molecule has 1 heterocycles. The lowest BCUT2D eigenvalue weighted by Gasteiger charge is -2.17. The van der Waals surface area contributed by atoms with Gasteiger partial charge in [0.05, 0.1) is 17.0 Å². The van der Waals surface area contributed by atoms with Crippen molar-refractivity contribution >= 4 is 39.9 Å². The van der Waals surface area contributed by atoms with Crippen molar-refractivity contribution in [3.05, 3.63) is 29.8 Å². The number of thioether (sulfide) groups is 1. The van der Waals surface area contributed by atoms with Gasteiger partial charge in [-0.1, -0.05) is 36.1 Å². The summed E-state index contributed by atoms with van der Waals surface area (Å²) in [6.07, 6.45) is -2.35. The Morgan fingerprint density at radius 2 is 1.91 bits per heavy atom. The number of rotatable bonds is 3. The summed E-state index contributed by atoms with van der Waals surface area (Å²) < 4.78 is 39.1. The van der Waals surface area contributed by atoms with E-state index in [-0.39, 0.29) is 11.4 Å². The molecule has 1 aromatic rings. The Hall–Kier alpha value is -1.28. The molecule has 1 aliphatic rings. The molecule has 1 aliphatic heterocycles. The van der Waals surface area contributed by atoms with Crippen molar-refractivity contribution < 1.29 is 18.0 Å². The van der Waals surface area contributed by atoms with Gasteiger partial charge in [-0.3, -0.25) is 4.79 Å². The highest BCUT2D eigenvalue weighted by Crippen LogP contribution is 2.34. The number of nitrogens with zero attached hydrogens (tertiary/aromatic N) is 1. The first-order chi connectivity index (χ1) is 10.4. The van der Waals surface area contributed by atoms with E-state index in [0.29, 0.717) is 4.32 Å². The number of halogens is 3. The monoisotopic (exact) mass is 348 g/mol. The van der Waals surface area contributed by atoms with Crippen LogP contribution in [0.3, 0.4) is 0 Å². The molecule has 3 nitrogen and oxygen atoms in total. The van der Waals surface area contributed by atoms with Gasteiger partial charge in [0.25, 0.3) is 0 Å². The summed E-state index contributed by atoms with van der Waals surface area (Å²) in [4.78, 5) is 13.8. The Kier molecular flexibility index (Phi) is 5.69. The van der Waals surface area contributed by atoms with Crippen LogP contribution >= 0.6 is 24.0 Å². The van der Waals surface area contributed by atoms with E-state index >= 15 is 0 Å². The van der Waals surface area contributed by atoms with E-state index in [0.717, 1.165) is 32.0 Å². The summed E-state index contributed by atoms with van der Waals surface area (Å²) in [6.45, 7) is 1.76. The molecule has 0 radical (unpaired) electrons. The third-order valence-electron chi connectivity index (χ3n) is 3.20. The number of thiocarbonyl (C=S) groups is 1. The van der Waals surface area contributed by atoms with Crippen molar-refractivity contribution in [1.82, 2.24) is 4.90 Å². The van der Waals surface area contributed by atoms with Crippen molar-refractivity contribution in [3.8, 4) is 0 Å². The van der Waals surface area contributed by atoms with E-state index in [1.165, 1.54) is 30.0 Å². The molecule has 1 saturated heterocycles. The van der Waals surface area contributed by atoms with Crippen LogP contribution in [-0.4, -0.2) is 34.0 Å². The van der Waals surface area contributed by atoms with E-state index in [1.807, 2.05) is 4.90 Å². The Morgan fingerprint density at radius 3 is 2.55 bits per heavy atom. The lowest BCUT2D eigenvalue weighted by molar-refractivity contribution is -0.137. The molecule has 0 saturated carbocycles. The summed E-state index contributed by atoms with van der Waals surface area (Å²) in [7, 11) is 0. The fraction of sp³-hybridized carbons (Fsp3) is 0.429. The van der Waals surface area contributed by atoms with Crippen LogP contribution in [0.1, 0.15) is 18.4 Å². The molecule has 0 aromatic heterocycles. The van der Waals surface area contributed by atoms with Gasteiger partial charge in [0.2, 0.25) is 5.91 Å². The number of amides is 1. The average molecular weight is 348 g/mol. The Labute approximate surface area is 136 Å². The predicted octanol–water partition coefficient (Wildman–Crippen LogP) is 3.76. The zero-order valence-electron chi connectivity index (χ0n) is 11.7. The molecule has 0 bridgehead atoms. The highest BCUT2D eigenvalue weighted by Gasteiger charge is 2.33. The zero-order valence-corrected chi connectivity index (χ0v) is 13.3. The van der Waals surface area contributed by atoms with Crippen LogP contribution in [0.4, 0.5) is 18.9 Å². The summed E-state index contributed by atoms with van der Waals surface area (Å²) in [5, 5.41) is 2.31. The Balaban J connectivity index is 1.91. The number of hydrogen-bond donors (Lipinski definition) is 1. The maximum Gasteiger partial charge on any atom is 0.418 e.